The molecule has 1 amide bonds. The largest absolute Gasteiger partial charge is 0.573 e. The molecule has 0 unspecified atom stereocenters. The number of hydrogen-bond acceptors (Lipinski definition) is 3. The van der Waals surface area contributed by atoms with E-state index in [2.05, 4.69) is 15.4 Å². The van der Waals surface area contributed by atoms with Crippen molar-refractivity contribution in [1.82, 2.24) is 10.6 Å². The molecule has 0 aromatic heterocycles. The van der Waals surface area contributed by atoms with Crippen LogP contribution in [-0.2, 0) is 0 Å². The van der Waals surface area contributed by atoms with Gasteiger partial charge in [-0.25, -0.2) is 0 Å². The zero-order valence-electron chi connectivity index (χ0n) is 11.4. The summed E-state index contributed by atoms with van der Waals surface area (Å²) in [6.45, 7) is 1.48. The zero-order valence-corrected chi connectivity index (χ0v) is 11.4. The van der Waals surface area contributed by atoms with Gasteiger partial charge < -0.3 is 15.4 Å². The van der Waals surface area contributed by atoms with Crippen molar-refractivity contribution in [3.05, 3.63) is 29.8 Å². The first kappa shape index (κ1) is 15.6. The third-order valence-corrected chi connectivity index (χ3v) is 3.27. The fourth-order valence-electron chi connectivity index (χ4n) is 2.30. The molecule has 1 aromatic carbocycles. The molecule has 2 rings (SSSR count). The second-order valence-corrected chi connectivity index (χ2v) is 4.91. The molecule has 4 nitrogen and oxygen atoms in total. The standard InChI is InChI=1S/C14H17F3N2O2/c15-14(16,17)21-12-5-1-3-10(9-12)13(20)19-8-6-11-4-2-7-18-11/h1,3,5,9,11,18H,2,4,6-8H2,(H,19,20)/t11-/m1/s1. The molecule has 0 saturated carbocycles. The zero-order chi connectivity index (χ0) is 15.3. The Hall–Kier alpha value is -1.76. The molecule has 1 aliphatic heterocycles. The Bertz CT molecular complexity index is 485. The van der Waals surface area contributed by atoms with Crippen LogP contribution in [0.3, 0.4) is 0 Å². The van der Waals surface area contributed by atoms with Crippen molar-refractivity contribution in [1.29, 1.82) is 0 Å². The molecule has 1 heterocycles. The molecule has 7 heteroatoms. The molecule has 21 heavy (non-hydrogen) atoms. The Labute approximate surface area is 120 Å². The number of halogens is 3. The van der Waals surface area contributed by atoms with Gasteiger partial charge in [0.15, 0.2) is 0 Å². The topological polar surface area (TPSA) is 50.4 Å². The summed E-state index contributed by atoms with van der Waals surface area (Å²) < 4.78 is 40.1. The molecule has 0 radical (unpaired) electrons. The van der Waals surface area contributed by atoms with Gasteiger partial charge in [0, 0.05) is 18.2 Å². The Balaban J connectivity index is 1.85. The average Bonchev–Trinajstić information content (AvgIpc) is 2.90. The Kier molecular flexibility index (Phi) is 5.06. The highest BCUT2D eigenvalue weighted by Crippen LogP contribution is 2.23. The van der Waals surface area contributed by atoms with Crippen LogP contribution >= 0.6 is 0 Å². The van der Waals surface area contributed by atoms with E-state index in [1.54, 1.807) is 0 Å². The lowest BCUT2D eigenvalue weighted by Crippen LogP contribution is -2.30. The first-order valence-electron chi connectivity index (χ1n) is 6.81. The fourth-order valence-corrected chi connectivity index (χ4v) is 2.30. The van der Waals surface area contributed by atoms with Crippen molar-refractivity contribution in [2.75, 3.05) is 13.1 Å². The van der Waals surface area contributed by atoms with E-state index in [1.165, 1.54) is 12.1 Å². The van der Waals surface area contributed by atoms with Crippen molar-refractivity contribution in [3.63, 3.8) is 0 Å². The number of ether oxygens (including phenoxy) is 1. The summed E-state index contributed by atoms with van der Waals surface area (Å²) in [5.74, 6) is -0.798. The SMILES string of the molecule is O=C(NCC[C@H]1CCCN1)c1cccc(OC(F)(F)F)c1. The first-order valence-corrected chi connectivity index (χ1v) is 6.81. The number of carbonyl (C=O) groups is 1. The summed E-state index contributed by atoms with van der Waals surface area (Å²) in [4.78, 5) is 11.9. The van der Waals surface area contributed by atoms with Gasteiger partial charge in [0.05, 0.1) is 0 Å². The van der Waals surface area contributed by atoms with Gasteiger partial charge in [-0.2, -0.15) is 0 Å². The molecule has 1 aliphatic rings. The summed E-state index contributed by atoms with van der Waals surface area (Å²) in [6, 6.07) is 5.45. The highest BCUT2D eigenvalue weighted by Gasteiger charge is 2.31. The maximum absolute atomic E-state index is 12.1. The third kappa shape index (κ3) is 5.26. The van der Waals surface area contributed by atoms with Gasteiger partial charge in [0.2, 0.25) is 0 Å². The highest BCUT2D eigenvalue weighted by molar-refractivity contribution is 5.94. The molecule has 0 spiro atoms. The molecular formula is C14H17F3N2O2. The van der Waals surface area contributed by atoms with E-state index in [4.69, 9.17) is 0 Å². The fraction of sp³-hybridized carbons (Fsp3) is 0.500. The molecule has 1 saturated heterocycles. The molecular weight excluding hydrogens is 285 g/mol. The molecule has 0 bridgehead atoms. The predicted molar refractivity (Wildman–Crippen MR) is 71.1 cm³/mol. The maximum atomic E-state index is 12.1. The normalized spacial score (nSPS) is 18.5. The average molecular weight is 302 g/mol. The lowest BCUT2D eigenvalue weighted by Gasteiger charge is -2.12. The molecule has 1 atom stereocenters. The smallest absolute Gasteiger partial charge is 0.406 e. The third-order valence-electron chi connectivity index (χ3n) is 3.27. The van der Waals surface area contributed by atoms with E-state index in [-0.39, 0.29) is 5.56 Å². The number of rotatable bonds is 5. The second-order valence-electron chi connectivity index (χ2n) is 4.91. The lowest BCUT2D eigenvalue weighted by atomic mass is 10.1. The van der Waals surface area contributed by atoms with Crippen molar-refractivity contribution in [2.45, 2.75) is 31.7 Å². The van der Waals surface area contributed by atoms with Crippen LogP contribution in [0, 0.1) is 0 Å². The summed E-state index contributed by atoms with van der Waals surface area (Å²) in [6.07, 6.45) is -1.73. The predicted octanol–water partition coefficient (Wildman–Crippen LogP) is 2.46. The number of benzene rings is 1. The van der Waals surface area contributed by atoms with Crippen LogP contribution < -0.4 is 15.4 Å². The van der Waals surface area contributed by atoms with E-state index < -0.39 is 18.0 Å². The van der Waals surface area contributed by atoms with E-state index >= 15 is 0 Å². The van der Waals surface area contributed by atoms with Crippen LogP contribution in [0.4, 0.5) is 13.2 Å². The number of hydrogen-bond donors (Lipinski definition) is 2. The van der Waals surface area contributed by atoms with Gasteiger partial charge in [0.1, 0.15) is 5.75 Å². The Morgan fingerprint density at radius 1 is 1.43 bits per heavy atom. The van der Waals surface area contributed by atoms with Crippen molar-refractivity contribution >= 4 is 5.91 Å². The molecule has 0 aliphatic carbocycles. The first-order chi connectivity index (χ1) is 9.94. The van der Waals surface area contributed by atoms with Crippen LogP contribution in [0.2, 0.25) is 0 Å². The van der Waals surface area contributed by atoms with Crippen molar-refractivity contribution < 1.29 is 22.7 Å². The van der Waals surface area contributed by atoms with E-state index in [9.17, 15) is 18.0 Å². The number of nitrogens with one attached hydrogen (secondary N) is 2. The van der Waals surface area contributed by atoms with Crippen molar-refractivity contribution in [3.8, 4) is 5.75 Å². The van der Waals surface area contributed by atoms with Gasteiger partial charge in [-0.1, -0.05) is 6.07 Å². The summed E-state index contributed by atoms with van der Waals surface area (Å²) >= 11 is 0. The van der Waals surface area contributed by atoms with Crippen molar-refractivity contribution in [2.24, 2.45) is 0 Å². The van der Waals surface area contributed by atoms with Crippen LogP contribution in [0.1, 0.15) is 29.6 Å². The van der Waals surface area contributed by atoms with Gasteiger partial charge in [-0.05, 0) is 44.0 Å². The monoisotopic (exact) mass is 302 g/mol. The summed E-state index contributed by atoms with van der Waals surface area (Å²) in [5, 5.41) is 6.01. The Morgan fingerprint density at radius 3 is 2.90 bits per heavy atom. The minimum absolute atomic E-state index is 0.149. The number of alkyl halides is 3. The summed E-state index contributed by atoms with van der Waals surface area (Å²) in [7, 11) is 0. The van der Waals surface area contributed by atoms with Crippen LogP contribution in [-0.4, -0.2) is 31.4 Å². The number of carbonyl (C=O) groups excluding carboxylic acids is 1. The quantitative estimate of drug-likeness (QED) is 0.878. The molecule has 116 valence electrons. The van der Waals surface area contributed by atoms with Gasteiger partial charge in [-0.15, -0.1) is 13.2 Å². The van der Waals surface area contributed by atoms with Crippen LogP contribution in [0.25, 0.3) is 0 Å². The summed E-state index contributed by atoms with van der Waals surface area (Å²) in [5.41, 5.74) is 0.149. The molecule has 2 N–H and O–H groups in total. The van der Waals surface area contributed by atoms with Gasteiger partial charge >= 0.3 is 6.36 Å². The van der Waals surface area contributed by atoms with Crippen LogP contribution in [0.5, 0.6) is 5.75 Å². The second kappa shape index (κ2) is 6.80. The van der Waals surface area contributed by atoms with Crippen LogP contribution in [0.15, 0.2) is 24.3 Å². The lowest BCUT2D eigenvalue weighted by molar-refractivity contribution is -0.274. The minimum atomic E-state index is -4.76. The van der Waals surface area contributed by atoms with E-state index in [1.807, 2.05) is 0 Å². The Morgan fingerprint density at radius 2 is 2.24 bits per heavy atom. The van der Waals surface area contributed by atoms with E-state index in [0.29, 0.717) is 12.6 Å². The molecule has 1 fully saturated rings. The van der Waals surface area contributed by atoms with E-state index in [0.717, 1.165) is 37.9 Å². The highest BCUT2D eigenvalue weighted by atomic mass is 19.4. The number of amides is 1. The van der Waals surface area contributed by atoms with Gasteiger partial charge in [0.25, 0.3) is 5.91 Å². The molecule has 1 aromatic rings. The maximum Gasteiger partial charge on any atom is 0.573 e. The van der Waals surface area contributed by atoms with Gasteiger partial charge in [-0.3, -0.25) is 4.79 Å². The minimum Gasteiger partial charge on any atom is -0.406 e.